The first kappa shape index (κ1) is 8.97. The van der Waals surface area contributed by atoms with Gasteiger partial charge in [0.15, 0.2) is 0 Å². The number of hydrogen-bond acceptors (Lipinski definition) is 3. The molecule has 1 amide bonds. The number of hydrogen-bond donors (Lipinski definition) is 2. The van der Waals surface area contributed by atoms with Crippen molar-refractivity contribution in [2.45, 2.75) is 31.3 Å². The predicted octanol–water partition coefficient (Wildman–Crippen LogP) is -0.371. The molecule has 74 valence electrons. The molecule has 0 aromatic heterocycles. The van der Waals surface area contributed by atoms with E-state index >= 15 is 0 Å². The third kappa shape index (κ3) is 2.00. The lowest BCUT2D eigenvalue weighted by molar-refractivity contribution is -0.129. The van der Waals surface area contributed by atoms with Crippen molar-refractivity contribution in [2.24, 2.45) is 11.7 Å². The lowest BCUT2D eigenvalue weighted by atomic mass is 10.1. The zero-order valence-electron chi connectivity index (χ0n) is 7.66. The van der Waals surface area contributed by atoms with Crippen LogP contribution in [0.5, 0.6) is 0 Å². The number of amides is 1. The van der Waals surface area contributed by atoms with Gasteiger partial charge in [-0.05, 0) is 19.3 Å². The molecule has 3 N–H and O–H groups in total. The maximum atomic E-state index is 11.6. The van der Waals surface area contributed by atoms with E-state index in [1.54, 1.807) is 0 Å². The molecule has 13 heavy (non-hydrogen) atoms. The van der Waals surface area contributed by atoms with Crippen LogP contribution in [0.3, 0.4) is 0 Å². The SMILES string of the molecule is NC1CCC(C(=O)NC2COC2)C1. The van der Waals surface area contributed by atoms with Gasteiger partial charge in [0.05, 0.1) is 19.3 Å². The average Bonchev–Trinajstić information content (AvgIpc) is 2.44. The van der Waals surface area contributed by atoms with E-state index in [4.69, 9.17) is 10.5 Å². The monoisotopic (exact) mass is 184 g/mol. The Hall–Kier alpha value is -0.610. The smallest absolute Gasteiger partial charge is 0.223 e. The topological polar surface area (TPSA) is 64.4 Å². The van der Waals surface area contributed by atoms with Crippen molar-refractivity contribution >= 4 is 5.91 Å². The minimum atomic E-state index is 0.149. The van der Waals surface area contributed by atoms with Crippen molar-refractivity contribution in [3.8, 4) is 0 Å². The molecule has 0 aromatic rings. The molecule has 2 rings (SSSR count). The zero-order valence-corrected chi connectivity index (χ0v) is 7.66. The van der Waals surface area contributed by atoms with Gasteiger partial charge in [-0.2, -0.15) is 0 Å². The summed E-state index contributed by atoms with van der Waals surface area (Å²) in [6.45, 7) is 1.34. The van der Waals surface area contributed by atoms with E-state index in [0.717, 1.165) is 19.3 Å². The second-order valence-corrected chi connectivity index (χ2v) is 4.01. The summed E-state index contributed by atoms with van der Waals surface area (Å²) < 4.78 is 4.98. The van der Waals surface area contributed by atoms with Gasteiger partial charge in [0, 0.05) is 12.0 Å². The molecule has 0 radical (unpaired) electrons. The Kier molecular flexibility index (Phi) is 2.51. The van der Waals surface area contributed by atoms with Gasteiger partial charge >= 0.3 is 0 Å². The Morgan fingerprint density at radius 1 is 1.38 bits per heavy atom. The largest absolute Gasteiger partial charge is 0.377 e. The quantitative estimate of drug-likeness (QED) is 0.615. The molecule has 4 heteroatoms. The number of nitrogens with two attached hydrogens (primary N) is 1. The van der Waals surface area contributed by atoms with Gasteiger partial charge < -0.3 is 15.8 Å². The highest BCUT2D eigenvalue weighted by atomic mass is 16.5. The second kappa shape index (κ2) is 3.64. The summed E-state index contributed by atoms with van der Waals surface area (Å²) in [5.41, 5.74) is 5.74. The highest BCUT2D eigenvalue weighted by Gasteiger charge is 2.30. The van der Waals surface area contributed by atoms with Crippen molar-refractivity contribution in [1.29, 1.82) is 0 Å². The van der Waals surface area contributed by atoms with Crippen LogP contribution in [0.2, 0.25) is 0 Å². The second-order valence-electron chi connectivity index (χ2n) is 4.01. The molecule has 2 atom stereocenters. The van der Waals surface area contributed by atoms with Crippen LogP contribution in [-0.4, -0.2) is 31.2 Å². The third-order valence-electron chi connectivity index (χ3n) is 2.83. The molecule has 1 saturated heterocycles. The van der Waals surface area contributed by atoms with Crippen LogP contribution in [0, 0.1) is 5.92 Å². The maximum absolute atomic E-state index is 11.6. The van der Waals surface area contributed by atoms with Crippen LogP contribution in [0.15, 0.2) is 0 Å². The molecule has 4 nitrogen and oxygen atoms in total. The van der Waals surface area contributed by atoms with Crippen molar-refractivity contribution < 1.29 is 9.53 Å². The number of carbonyl (C=O) groups excluding carboxylic acids is 1. The van der Waals surface area contributed by atoms with E-state index in [2.05, 4.69) is 5.32 Å². The first-order valence-corrected chi connectivity index (χ1v) is 4.89. The maximum Gasteiger partial charge on any atom is 0.223 e. The lowest BCUT2D eigenvalue weighted by Gasteiger charge is -2.28. The molecule has 0 bridgehead atoms. The fourth-order valence-corrected chi connectivity index (χ4v) is 1.89. The summed E-state index contributed by atoms with van der Waals surface area (Å²) in [5.74, 6) is 0.317. The van der Waals surface area contributed by atoms with Gasteiger partial charge in [-0.1, -0.05) is 0 Å². The molecule has 1 saturated carbocycles. The summed E-state index contributed by atoms with van der Waals surface area (Å²) in [6, 6.07) is 0.484. The van der Waals surface area contributed by atoms with Crippen LogP contribution in [0.25, 0.3) is 0 Å². The molecular formula is C9H16N2O2. The van der Waals surface area contributed by atoms with Crippen molar-refractivity contribution in [1.82, 2.24) is 5.32 Å². The highest BCUT2D eigenvalue weighted by molar-refractivity contribution is 5.79. The van der Waals surface area contributed by atoms with Crippen molar-refractivity contribution in [3.63, 3.8) is 0 Å². The molecule has 1 aliphatic heterocycles. The number of rotatable bonds is 2. The Balaban J connectivity index is 1.76. The van der Waals surface area contributed by atoms with E-state index in [-0.39, 0.29) is 23.9 Å². The predicted molar refractivity (Wildman–Crippen MR) is 48.1 cm³/mol. The molecule has 2 aliphatic rings. The molecule has 2 fully saturated rings. The van der Waals surface area contributed by atoms with Crippen molar-refractivity contribution in [3.05, 3.63) is 0 Å². The Bertz CT molecular complexity index is 204. The van der Waals surface area contributed by atoms with Crippen LogP contribution < -0.4 is 11.1 Å². The lowest BCUT2D eigenvalue weighted by Crippen LogP contribution is -2.50. The van der Waals surface area contributed by atoms with Gasteiger partial charge in [-0.25, -0.2) is 0 Å². The molecule has 0 aromatic carbocycles. The van der Waals surface area contributed by atoms with E-state index in [0.29, 0.717) is 13.2 Å². The van der Waals surface area contributed by atoms with E-state index in [9.17, 15) is 4.79 Å². The first-order valence-electron chi connectivity index (χ1n) is 4.89. The minimum Gasteiger partial charge on any atom is -0.377 e. The van der Waals surface area contributed by atoms with Crippen LogP contribution >= 0.6 is 0 Å². The van der Waals surface area contributed by atoms with Crippen molar-refractivity contribution in [2.75, 3.05) is 13.2 Å². The van der Waals surface area contributed by atoms with E-state index in [1.807, 2.05) is 0 Å². The third-order valence-corrected chi connectivity index (χ3v) is 2.83. The minimum absolute atomic E-state index is 0.149. The number of ether oxygens (including phenoxy) is 1. The fourth-order valence-electron chi connectivity index (χ4n) is 1.89. The van der Waals surface area contributed by atoms with Crippen LogP contribution in [0.1, 0.15) is 19.3 Å². The van der Waals surface area contributed by atoms with Gasteiger partial charge in [-0.15, -0.1) is 0 Å². The molecule has 2 unspecified atom stereocenters. The van der Waals surface area contributed by atoms with Crippen LogP contribution in [0.4, 0.5) is 0 Å². The summed E-state index contributed by atoms with van der Waals surface area (Å²) in [6.07, 6.45) is 2.78. The molecule has 1 heterocycles. The van der Waals surface area contributed by atoms with Gasteiger partial charge in [-0.3, -0.25) is 4.79 Å². The number of nitrogens with one attached hydrogen (secondary N) is 1. The average molecular weight is 184 g/mol. The summed E-state index contributed by atoms with van der Waals surface area (Å²) in [4.78, 5) is 11.6. The fraction of sp³-hybridized carbons (Fsp3) is 0.889. The number of carbonyl (C=O) groups is 1. The van der Waals surface area contributed by atoms with Crippen LogP contribution in [-0.2, 0) is 9.53 Å². The Morgan fingerprint density at radius 2 is 2.15 bits per heavy atom. The molecule has 0 spiro atoms. The summed E-state index contributed by atoms with van der Waals surface area (Å²) in [7, 11) is 0. The highest BCUT2D eigenvalue weighted by Crippen LogP contribution is 2.24. The van der Waals surface area contributed by atoms with Gasteiger partial charge in [0.1, 0.15) is 0 Å². The summed E-state index contributed by atoms with van der Waals surface area (Å²) in [5, 5.41) is 2.96. The van der Waals surface area contributed by atoms with E-state index < -0.39 is 0 Å². The Morgan fingerprint density at radius 3 is 2.62 bits per heavy atom. The zero-order chi connectivity index (χ0) is 9.26. The Labute approximate surface area is 77.8 Å². The van der Waals surface area contributed by atoms with Gasteiger partial charge in [0.2, 0.25) is 5.91 Å². The first-order chi connectivity index (χ1) is 6.25. The molecular weight excluding hydrogens is 168 g/mol. The normalized spacial score (nSPS) is 34.2. The standard InChI is InChI=1S/C9H16N2O2/c10-7-2-1-6(3-7)9(12)11-8-4-13-5-8/h6-8H,1-5,10H2,(H,11,12). The summed E-state index contributed by atoms with van der Waals surface area (Å²) >= 11 is 0. The van der Waals surface area contributed by atoms with E-state index in [1.165, 1.54) is 0 Å². The molecule has 1 aliphatic carbocycles. The van der Waals surface area contributed by atoms with Gasteiger partial charge in [0.25, 0.3) is 0 Å².